The zero-order valence-electron chi connectivity index (χ0n) is 12.6. The second-order valence-corrected chi connectivity index (χ2v) is 5.09. The molecule has 2 aromatic rings. The second kappa shape index (κ2) is 6.52. The summed E-state index contributed by atoms with van der Waals surface area (Å²) in [4.78, 5) is 14.2. The summed E-state index contributed by atoms with van der Waals surface area (Å²) in [6.07, 6.45) is 0.900. The van der Waals surface area contributed by atoms with Crippen LogP contribution in [0.2, 0.25) is 0 Å². The lowest BCUT2D eigenvalue weighted by atomic mass is 10.2. The van der Waals surface area contributed by atoms with Crippen molar-refractivity contribution in [3.05, 3.63) is 54.1 Å². The van der Waals surface area contributed by atoms with Gasteiger partial charge in [-0.2, -0.15) is 0 Å². The standard InChI is InChI=1S/C18H19NO3/c1-2-21-16-9-5-6-10-17(16)22-13-18(20)19-12-11-14-7-3-4-8-15(14)19/h3-10H,2,11-13H2,1H3. The van der Waals surface area contributed by atoms with Crippen molar-refractivity contribution < 1.29 is 14.3 Å². The van der Waals surface area contributed by atoms with E-state index in [1.165, 1.54) is 5.56 Å². The van der Waals surface area contributed by atoms with Crippen LogP contribution >= 0.6 is 0 Å². The number of carbonyl (C=O) groups excluding carboxylic acids is 1. The number of amides is 1. The van der Waals surface area contributed by atoms with Gasteiger partial charge in [0.15, 0.2) is 18.1 Å². The Bertz CT molecular complexity index is 669. The number of anilines is 1. The zero-order valence-corrected chi connectivity index (χ0v) is 12.6. The highest BCUT2D eigenvalue weighted by atomic mass is 16.5. The van der Waals surface area contributed by atoms with E-state index in [-0.39, 0.29) is 12.5 Å². The molecule has 0 saturated heterocycles. The van der Waals surface area contributed by atoms with Crippen LogP contribution in [-0.4, -0.2) is 25.7 Å². The lowest BCUT2D eigenvalue weighted by Crippen LogP contribution is -2.33. The van der Waals surface area contributed by atoms with Crippen LogP contribution in [0.4, 0.5) is 5.69 Å². The van der Waals surface area contributed by atoms with Crippen LogP contribution in [0.15, 0.2) is 48.5 Å². The lowest BCUT2D eigenvalue weighted by Gasteiger charge is -2.18. The molecular formula is C18H19NO3. The number of nitrogens with zero attached hydrogens (tertiary/aromatic N) is 1. The average Bonchev–Trinajstić information content (AvgIpc) is 2.98. The third kappa shape index (κ3) is 2.91. The molecule has 1 aliphatic rings. The summed E-state index contributed by atoms with van der Waals surface area (Å²) in [6.45, 7) is 3.21. The van der Waals surface area contributed by atoms with Gasteiger partial charge in [-0.1, -0.05) is 30.3 Å². The monoisotopic (exact) mass is 297 g/mol. The van der Waals surface area contributed by atoms with Gasteiger partial charge in [-0.25, -0.2) is 0 Å². The Morgan fingerprint density at radius 1 is 1.05 bits per heavy atom. The molecule has 0 N–H and O–H groups in total. The van der Waals surface area contributed by atoms with Gasteiger partial charge in [0.25, 0.3) is 5.91 Å². The third-order valence-corrected chi connectivity index (χ3v) is 3.69. The summed E-state index contributed by atoms with van der Waals surface area (Å²) in [5.74, 6) is 1.24. The minimum Gasteiger partial charge on any atom is -0.490 e. The molecular weight excluding hydrogens is 278 g/mol. The van der Waals surface area contributed by atoms with Crippen molar-refractivity contribution in [2.24, 2.45) is 0 Å². The van der Waals surface area contributed by atoms with Gasteiger partial charge in [-0.3, -0.25) is 4.79 Å². The van der Waals surface area contributed by atoms with Crippen molar-refractivity contribution in [1.29, 1.82) is 0 Å². The molecule has 2 aromatic carbocycles. The number of para-hydroxylation sites is 3. The summed E-state index contributed by atoms with van der Waals surface area (Å²) in [5, 5.41) is 0. The maximum atomic E-state index is 12.4. The Kier molecular flexibility index (Phi) is 4.28. The lowest BCUT2D eigenvalue weighted by molar-refractivity contribution is -0.120. The first-order valence-electron chi connectivity index (χ1n) is 7.52. The number of benzene rings is 2. The molecule has 1 amide bonds. The fourth-order valence-electron chi connectivity index (χ4n) is 2.66. The van der Waals surface area contributed by atoms with Crippen molar-refractivity contribution in [2.45, 2.75) is 13.3 Å². The van der Waals surface area contributed by atoms with Gasteiger partial charge in [0.05, 0.1) is 6.61 Å². The fourth-order valence-corrected chi connectivity index (χ4v) is 2.66. The smallest absolute Gasteiger partial charge is 0.264 e. The quantitative estimate of drug-likeness (QED) is 0.851. The highest BCUT2D eigenvalue weighted by Crippen LogP contribution is 2.29. The van der Waals surface area contributed by atoms with Crippen LogP contribution in [-0.2, 0) is 11.2 Å². The highest BCUT2D eigenvalue weighted by Gasteiger charge is 2.24. The van der Waals surface area contributed by atoms with Gasteiger partial charge in [0.2, 0.25) is 0 Å². The molecule has 4 heteroatoms. The molecule has 114 valence electrons. The van der Waals surface area contributed by atoms with Gasteiger partial charge in [0, 0.05) is 12.2 Å². The minimum absolute atomic E-state index is 0.0123. The molecule has 0 unspecified atom stereocenters. The Balaban J connectivity index is 1.67. The molecule has 0 aliphatic carbocycles. The van der Waals surface area contributed by atoms with Crippen molar-refractivity contribution >= 4 is 11.6 Å². The third-order valence-electron chi connectivity index (χ3n) is 3.69. The Labute approximate surface area is 130 Å². The first kappa shape index (κ1) is 14.4. The summed E-state index contributed by atoms with van der Waals surface area (Å²) in [7, 11) is 0. The molecule has 22 heavy (non-hydrogen) atoms. The molecule has 0 bridgehead atoms. The van der Waals surface area contributed by atoms with Gasteiger partial charge >= 0.3 is 0 Å². The van der Waals surface area contributed by atoms with E-state index in [4.69, 9.17) is 9.47 Å². The number of rotatable bonds is 5. The van der Waals surface area contributed by atoms with Crippen molar-refractivity contribution in [3.8, 4) is 11.5 Å². The van der Waals surface area contributed by atoms with Crippen molar-refractivity contribution in [3.63, 3.8) is 0 Å². The van der Waals surface area contributed by atoms with Crippen LogP contribution in [0.5, 0.6) is 11.5 Å². The van der Waals surface area contributed by atoms with E-state index in [9.17, 15) is 4.79 Å². The number of ether oxygens (including phenoxy) is 2. The fraction of sp³-hybridized carbons (Fsp3) is 0.278. The highest BCUT2D eigenvalue weighted by molar-refractivity contribution is 5.96. The minimum atomic E-state index is -0.0312. The second-order valence-electron chi connectivity index (χ2n) is 5.09. The average molecular weight is 297 g/mol. The molecule has 0 atom stereocenters. The topological polar surface area (TPSA) is 38.8 Å². The molecule has 0 aromatic heterocycles. The van der Waals surface area contributed by atoms with Crippen LogP contribution in [0, 0.1) is 0 Å². The van der Waals surface area contributed by atoms with E-state index < -0.39 is 0 Å². The zero-order chi connectivity index (χ0) is 15.4. The SMILES string of the molecule is CCOc1ccccc1OCC(=O)N1CCc2ccccc21. The van der Waals surface area contributed by atoms with Gasteiger partial charge < -0.3 is 14.4 Å². The molecule has 0 spiro atoms. The maximum Gasteiger partial charge on any atom is 0.264 e. The molecule has 1 aliphatic heterocycles. The summed E-state index contributed by atoms with van der Waals surface area (Å²) in [5.41, 5.74) is 2.21. The molecule has 3 rings (SSSR count). The molecule has 0 saturated carbocycles. The molecule has 0 radical (unpaired) electrons. The van der Waals surface area contributed by atoms with Crippen LogP contribution in [0.3, 0.4) is 0 Å². The maximum absolute atomic E-state index is 12.4. The first-order valence-corrected chi connectivity index (χ1v) is 7.52. The number of hydrogen-bond donors (Lipinski definition) is 0. The van der Waals surface area contributed by atoms with Crippen LogP contribution in [0.25, 0.3) is 0 Å². The number of carbonyl (C=O) groups is 1. The molecule has 0 fully saturated rings. The predicted molar refractivity (Wildman–Crippen MR) is 85.6 cm³/mol. The summed E-state index contributed by atoms with van der Waals surface area (Å²) in [6, 6.07) is 15.4. The van der Waals surface area contributed by atoms with Crippen molar-refractivity contribution in [1.82, 2.24) is 0 Å². The van der Waals surface area contributed by atoms with Crippen LogP contribution in [0.1, 0.15) is 12.5 Å². The van der Waals surface area contributed by atoms with E-state index >= 15 is 0 Å². The van der Waals surface area contributed by atoms with Crippen LogP contribution < -0.4 is 14.4 Å². The normalized spacial score (nSPS) is 12.9. The predicted octanol–water partition coefficient (Wildman–Crippen LogP) is 3.05. The van der Waals surface area contributed by atoms with Gasteiger partial charge in [-0.05, 0) is 37.1 Å². The molecule has 4 nitrogen and oxygen atoms in total. The van der Waals surface area contributed by atoms with E-state index in [2.05, 4.69) is 6.07 Å². The van der Waals surface area contributed by atoms with E-state index in [0.717, 1.165) is 12.1 Å². The number of fused-ring (bicyclic) bond motifs is 1. The largest absolute Gasteiger partial charge is 0.490 e. The van der Waals surface area contributed by atoms with Gasteiger partial charge in [0.1, 0.15) is 0 Å². The first-order chi connectivity index (χ1) is 10.8. The summed E-state index contributed by atoms with van der Waals surface area (Å²) >= 11 is 0. The summed E-state index contributed by atoms with van der Waals surface area (Å²) < 4.78 is 11.2. The van der Waals surface area contributed by atoms with E-state index in [1.807, 2.05) is 49.4 Å². The molecule has 1 heterocycles. The Morgan fingerprint density at radius 3 is 2.50 bits per heavy atom. The van der Waals surface area contributed by atoms with E-state index in [0.29, 0.717) is 24.7 Å². The van der Waals surface area contributed by atoms with Crippen molar-refractivity contribution in [2.75, 3.05) is 24.7 Å². The van der Waals surface area contributed by atoms with Gasteiger partial charge in [-0.15, -0.1) is 0 Å². The van der Waals surface area contributed by atoms with E-state index in [1.54, 1.807) is 4.90 Å². The Morgan fingerprint density at radius 2 is 1.73 bits per heavy atom. The number of hydrogen-bond acceptors (Lipinski definition) is 3. The Hall–Kier alpha value is -2.49.